The van der Waals surface area contributed by atoms with Crippen LogP contribution in [0.4, 0.5) is 0 Å². The summed E-state index contributed by atoms with van der Waals surface area (Å²) < 4.78 is 34.7. The Morgan fingerprint density at radius 2 is 1.16 bits per heavy atom. The molecule has 0 saturated heterocycles. The van der Waals surface area contributed by atoms with Crippen molar-refractivity contribution in [1.29, 1.82) is 0 Å². The largest absolute Gasteiger partial charge is 0.472 e. The van der Waals surface area contributed by atoms with Crippen molar-refractivity contribution in [2.24, 2.45) is 0 Å². The van der Waals surface area contributed by atoms with E-state index in [0.717, 1.165) is 32.1 Å². The topological polar surface area (TPSA) is 91.3 Å². The van der Waals surface area contributed by atoms with E-state index < -0.39 is 13.9 Å². The SMILES string of the molecule is CCCCCCCC/C=C\CCCCCCCCOCC(COP(=O)(O)OCC[N+](C)(C)C)OC(=O)CCCCCCCCC. The lowest BCUT2D eigenvalue weighted by molar-refractivity contribution is -0.870. The van der Waals surface area contributed by atoms with Crippen molar-refractivity contribution in [3.8, 4) is 0 Å². The van der Waals surface area contributed by atoms with Gasteiger partial charge in [-0.05, 0) is 38.5 Å². The van der Waals surface area contributed by atoms with E-state index in [0.29, 0.717) is 24.1 Å². The highest BCUT2D eigenvalue weighted by Gasteiger charge is 2.26. The van der Waals surface area contributed by atoms with Crippen molar-refractivity contribution in [2.45, 2.75) is 161 Å². The van der Waals surface area contributed by atoms with Gasteiger partial charge in [-0.15, -0.1) is 0 Å². The number of carbonyl (C=O) groups is 1. The maximum absolute atomic E-state index is 12.5. The first-order chi connectivity index (χ1) is 21.6. The summed E-state index contributed by atoms with van der Waals surface area (Å²) in [5.41, 5.74) is 0. The molecule has 0 aliphatic carbocycles. The number of unbranched alkanes of at least 4 members (excludes halogenated alkanes) is 18. The number of esters is 1. The van der Waals surface area contributed by atoms with Crippen LogP contribution in [0, 0.1) is 0 Å². The maximum Gasteiger partial charge on any atom is 0.472 e. The van der Waals surface area contributed by atoms with Crippen LogP contribution in [0.15, 0.2) is 12.2 Å². The number of phosphoric acid groups is 1. The second-order valence-corrected chi connectivity index (χ2v) is 15.1. The third-order valence-corrected chi connectivity index (χ3v) is 8.81. The molecule has 268 valence electrons. The predicted molar refractivity (Wildman–Crippen MR) is 187 cm³/mol. The molecule has 2 unspecified atom stereocenters. The van der Waals surface area contributed by atoms with E-state index in [-0.39, 0.29) is 25.8 Å². The van der Waals surface area contributed by atoms with E-state index in [1.54, 1.807) is 0 Å². The lowest BCUT2D eigenvalue weighted by Crippen LogP contribution is -2.37. The minimum atomic E-state index is -4.26. The smallest absolute Gasteiger partial charge is 0.457 e. The molecule has 0 radical (unpaired) electrons. The molecule has 1 N–H and O–H groups in total. The van der Waals surface area contributed by atoms with Crippen molar-refractivity contribution >= 4 is 13.8 Å². The van der Waals surface area contributed by atoms with Crippen LogP contribution in [-0.4, -0.2) is 75.6 Å². The van der Waals surface area contributed by atoms with Crippen LogP contribution in [-0.2, 0) is 27.9 Å². The number of quaternary nitrogens is 1. The van der Waals surface area contributed by atoms with Crippen molar-refractivity contribution in [3.05, 3.63) is 12.2 Å². The summed E-state index contributed by atoms with van der Waals surface area (Å²) in [6.07, 6.45) is 29.6. The fourth-order valence-corrected chi connectivity index (χ4v) is 5.64. The van der Waals surface area contributed by atoms with Crippen LogP contribution in [0.3, 0.4) is 0 Å². The van der Waals surface area contributed by atoms with E-state index in [9.17, 15) is 14.3 Å². The zero-order valence-corrected chi connectivity index (χ0v) is 31.0. The minimum absolute atomic E-state index is 0.0897. The number of phosphoric ester groups is 1. The molecule has 0 spiro atoms. The number of nitrogens with zero attached hydrogens (tertiary/aromatic N) is 1. The summed E-state index contributed by atoms with van der Waals surface area (Å²) in [6.45, 7) is 5.56. The summed E-state index contributed by atoms with van der Waals surface area (Å²) in [5.74, 6) is -0.322. The molecule has 0 aliphatic heterocycles. The van der Waals surface area contributed by atoms with Crippen LogP contribution in [0.5, 0.6) is 0 Å². The van der Waals surface area contributed by atoms with Gasteiger partial charge < -0.3 is 18.9 Å². The molecule has 0 heterocycles. The standard InChI is InChI=1S/C36H72NO7P/c1-6-8-10-12-14-15-16-17-18-19-20-21-22-24-26-28-31-41-33-35(34-43-45(39,40)42-32-30-37(3,4)5)44-36(38)29-27-25-23-13-11-9-7-2/h17-18,35H,6-16,19-34H2,1-5H3/p+1/b18-17-. The average molecular weight is 663 g/mol. The lowest BCUT2D eigenvalue weighted by atomic mass is 10.1. The van der Waals surface area contributed by atoms with Gasteiger partial charge in [0, 0.05) is 13.0 Å². The molecule has 0 bridgehead atoms. The molecule has 0 aliphatic rings. The second kappa shape index (κ2) is 30.6. The quantitative estimate of drug-likeness (QED) is 0.0241. The fraction of sp³-hybridized carbons (Fsp3) is 0.917. The van der Waals surface area contributed by atoms with E-state index in [2.05, 4.69) is 26.0 Å². The van der Waals surface area contributed by atoms with Crippen molar-refractivity contribution < 1.29 is 37.3 Å². The summed E-state index contributed by atoms with van der Waals surface area (Å²) in [4.78, 5) is 22.6. The van der Waals surface area contributed by atoms with Gasteiger partial charge in [-0.1, -0.05) is 122 Å². The molecule has 0 aromatic heterocycles. The number of likely N-dealkylation sites (N-methyl/N-ethyl adjacent to an activating group) is 1. The van der Waals surface area contributed by atoms with Gasteiger partial charge in [-0.2, -0.15) is 0 Å². The number of allylic oxidation sites excluding steroid dienone is 2. The average Bonchev–Trinajstić information content (AvgIpc) is 2.98. The van der Waals surface area contributed by atoms with Crippen molar-refractivity contribution in [3.63, 3.8) is 0 Å². The van der Waals surface area contributed by atoms with Gasteiger partial charge in [0.05, 0.1) is 34.4 Å². The molecule has 2 atom stereocenters. The van der Waals surface area contributed by atoms with Crippen LogP contribution in [0.25, 0.3) is 0 Å². The predicted octanol–water partition coefficient (Wildman–Crippen LogP) is 9.93. The molecule has 0 amide bonds. The monoisotopic (exact) mass is 663 g/mol. The number of carbonyl (C=O) groups excluding carboxylic acids is 1. The third kappa shape index (κ3) is 34.4. The molecule has 0 fully saturated rings. The zero-order chi connectivity index (χ0) is 33.5. The van der Waals surface area contributed by atoms with Crippen LogP contribution < -0.4 is 0 Å². The Morgan fingerprint density at radius 3 is 1.69 bits per heavy atom. The lowest BCUT2D eigenvalue weighted by Gasteiger charge is -2.24. The maximum atomic E-state index is 12.5. The Balaban J connectivity index is 4.21. The van der Waals surface area contributed by atoms with Gasteiger partial charge in [-0.25, -0.2) is 4.57 Å². The highest BCUT2D eigenvalue weighted by Crippen LogP contribution is 2.43. The van der Waals surface area contributed by atoms with Gasteiger partial charge in [-0.3, -0.25) is 13.8 Å². The number of ether oxygens (including phenoxy) is 2. The summed E-state index contributed by atoms with van der Waals surface area (Å²) >= 11 is 0. The van der Waals surface area contributed by atoms with Gasteiger partial charge in [0.25, 0.3) is 0 Å². The van der Waals surface area contributed by atoms with E-state index in [4.69, 9.17) is 18.5 Å². The number of hydrogen-bond acceptors (Lipinski definition) is 6. The summed E-state index contributed by atoms with van der Waals surface area (Å²) in [7, 11) is 1.67. The zero-order valence-electron chi connectivity index (χ0n) is 30.1. The van der Waals surface area contributed by atoms with E-state index >= 15 is 0 Å². The van der Waals surface area contributed by atoms with Gasteiger partial charge in [0.2, 0.25) is 0 Å². The first-order valence-corrected chi connectivity index (χ1v) is 19.9. The van der Waals surface area contributed by atoms with E-state index in [1.165, 1.54) is 103 Å². The minimum Gasteiger partial charge on any atom is -0.457 e. The van der Waals surface area contributed by atoms with Crippen LogP contribution >= 0.6 is 7.82 Å². The Hall–Kier alpha value is -0.760. The fourth-order valence-electron chi connectivity index (χ4n) is 4.90. The van der Waals surface area contributed by atoms with Crippen molar-refractivity contribution in [2.75, 3.05) is 54.1 Å². The van der Waals surface area contributed by atoms with Crippen LogP contribution in [0.1, 0.15) is 155 Å². The molecule has 8 nitrogen and oxygen atoms in total. The third-order valence-electron chi connectivity index (χ3n) is 7.83. The molecule has 9 heteroatoms. The Kier molecular flexibility index (Phi) is 30.0. The Morgan fingerprint density at radius 1 is 0.667 bits per heavy atom. The Bertz CT molecular complexity index is 741. The molecule has 0 rings (SSSR count). The molecule has 45 heavy (non-hydrogen) atoms. The molecule has 0 aromatic rings. The van der Waals surface area contributed by atoms with E-state index in [1.807, 2.05) is 21.1 Å². The van der Waals surface area contributed by atoms with Gasteiger partial charge in [0.15, 0.2) is 0 Å². The normalized spacial score (nSPS) is 14.2. The first-order valence-electron chi connectivity index (χ1n) is 18.4. The molecular weight excluding hydrogens is 589 g/mol. The highest BCUT2D eigenvalue weighted by atomic mass is 31.2. The second-order valence-electron chi connectivity index (χ2n) is 13.6. The number of rotatable bonds is 34. The molecule has 0 aromatic carbocycles. The van der Waals surface area contributed by atoms with Gasteiger partial charge >= 0.3 is 13.8 Å². The number of hydrogen-bond donors (Lipinski definition) is 1. The van der Waals surface area contributed by atoms with Crippen molar-refractivity contribution in [1.82, 2.24) is 0 Å². The highest BCUT2D eigenvalue weighted by molar-refractivity contribution is 7.47. The van der Waals surface area contributed by atoms with Gasteiger partial charge in [0.1, 0.15) is 19.3 Å². The molecule has 0 saturated carbocycles. The first kappa shape index (κ1) is 44.2. The summed E-state index contributed by atoms with van der Waals surface area (Å²) in [6, 6.07) is 0. The molecular formula is C36H73NO7P+. The summed E-state index contributed by atoms with van der Waals surface area (Å²) in [5, 5.41) is 0. The van der Waals surface area contributed by atoms with Crippen LogP contribution in [0.2, 0.25) is 0 Å². The Labute approximate surface area is 278 Å².